The molecule has 1 rings (SSSR count). The number of carbonyl (C=O) groups excluding carboxylic acids is 1. The van der Waals surface area contributed by atoms with E-state index in [9.17, 15) is 0 Å². The number of carbonyl (C=O) groups is 1. The van der Waals surface area contributed by atoms with E-state index in [-0.39, 0.29) is 0 Å². The first-order valence-corrected chi connectivity index (χ1v) is 4.68. The van der Waals surface area contributed by atoms with Gasteiger partial charge < -0.3 is 9.90 Å². The SMILES string of the molecule is CC(=O)[O-].CCC[n+]1ccn(C)c1C. The Morgan fingerprint density at radius 2 is 2.14 bits per heavy atom. The zero-order valence-electron chi connectivity index (χ0n) is 9.28. The molecule has 0 radical (unpaired) electrons. The molecule has 1 aromatic rings. The Kier molecular flexibility index (Phi) is 5.60. The second-order valence-electron chi connectivity index (χ2n) is 3.14. The van der Waals surface area contributed by atoms with Gasteiger partial charge in [0.05, 0.1) is 13.6 Å². The Balaban J connectivity index is 0.000000364. The highest BCUT2D eigenvalue weighted by atomic mass is 16.4. The molecule has 0 bridgehead atoms. The van der Waals surface area contributed by atoms with E-state index >= 15 is 0 Å². The summed E-state index contributed by atoms with van der Waals surface area (Å²) < 4.78 is 4.40. The molecule has 0 atom stereocenters. The largest absolute Gasteiger partial charge is 0.550 e. The van der Waals surface area contributed by atoms with Crippen LogP contribution in [0.15, 0.2) is 12.4 Å². The molecular weight excluding hydrogens is 180 g/mol. The van der Waals surface area contributed by atoms with Gasteiger partial charge in [0.25, 0.3) is 5.82 Å². The van der Waals surface area contributed by atoms with Crippen molar-refractivity contribution < 1.29 is 14.5 Å². The normalized spacial score (nSPS) is 9.14. The molecule has 0 aromatic carbocycles. The topological polar surface area (TPSA) is 48.9 Å². The maximum atomic E-state index is 8.89. The van der Waals surface area contributed by atoms with E-state index in [1.54, 1.807) is 0 Å². The molecule has 80 valence electrons. The van der Waals surface area contributed by atoms with E-state index in [4.69, 9.17) is 9.90 Å². The quantitative estimate of drug-likeness (QED) is 0.617. The lowest BCUT2D eigenvalue weighted by Crippen LogP contribution is -2.34. The number of hydrogen-bond donors (Lipinski definition) is 0. The Hall–Kier alpha value is -1.32. The van der Waals surface area contributed by atoms with Crippen molar-refractivity contribution in [2.45, 2.75) is 33.7 Å². The first-order valence-electron chi connectivity index (χ1n) is 4.68. The summed E-state index contributed by atoms with van der Waals surface area (Å²) in [6, 6.07) is 0. The number of rotatable bonds is 2. The number of hydrogen-bond acceptors (Lipinski definition) is 2. The van der Waals surface area contributed by atoms with Gasteiger partial charge in [-0.2, -0.15) is 0 Å². The van der Waals surface area contributed by atoms with Crippen LogP contribution in [0.25, 0.3) is 0 Å². The Morgan fingerprint density at radius 1 is 1.64 bits per heavy atom. The minimum absolute atomic E-state index is 0.972. The van der Waals surface area contributed by atoms with Gasteiger partial charge >= 0.3 is 0 Å². The fraction of sp³-hybridized carbons (Fsp3) is 0.600. The molecule has 1 aromatic heterocycles. The van der Waals surface area contributed by atoms with Crippen molar-refractivity contribution in [2.75, 3.05) is 0 Å². The molecular formula is C10H18N2O2. The Bertz CT molecular complexity index is 288. The molecule has 1 heterocycles. The summed E-state index contributed by atoms with van der Waals surface area (Å²) in [7, 11) is 2.07. The maximum Gasteiger partial charge on any atom is 0.253 e. The lowest BCUT2D eigenvalue weighted by molar-refractivity contribution is -0.702. The first kappa shape index (κ1) is 12.7. The smallest absolute Gasteiger partial charge is 0.253 e. The van der Waals surface area contributed by atoms with Crippen LogP contribution in [0.3, 0.4) is 0 Å². The maximum absolute atomic E-state index is 8.89. The van der Waals surface area contributed by atoms with Gasteiger partial charge in [-0.1, -0.05) is 6.92 Å². The van der Waals surface area contributed by atoms with Gasteiger partial charge in [-0.05, 0) is 13.3 Å². The highest BCUT2D eigenvalue weighted by Crippen LogP contribution is 1.88. The zero-order chi connectivity index (χ0) is 11.1. The van der Waals surface area contributed by atoms with Crippen molar-refractivity contribution in [2.24, 2.45) is 7.05 Å². The van der Waals surface area contributed by atoms with Crippen LogP contribution in [0, 0.1) is 6.92 Å². The average molecular weight is 198 g/mol. The first-order chi connectivity index (χ1) is 6.49. The predicted octanol–water partition coefficient (Wildman–Crippen LogP) is -0.213. The van der Waals surface area contributed by atoms with Crippen LogP contribution in [-0.4, -0.2) is 10.5 Å². The van der Waals surface area contributed by atoms with Gasteiger partial charge in [0, 0.05) is 12.9 Å². The number of imidazole rings is 1. The molecule has 0 spiro atoms. The van der Waals surface area contributed by atoms with Gasteiger partial charge in [-0.25, -0.2) is 9.13 Å². The molecule has 0 aliphatic heterocycles. The fourth-order valence-corrected chi connectivity index (χ4v) is 1.08. The van der Waals surface area contributed by atoms with Crippen LogP contribution < -0.4 is 9.67 Å². The van der Waals surface area contributed by atoms with E-state index in [1.807, 2.05) is 0 Å². The molecule has 14 heavy (non-hydrogen) atoms. The molecule has 4 nitrogen and oxygen atoms in total. The Labute approximate surface area is 84.8 Å². The predicted molar refractivity (Wildman–Crippen MR) is 51.3 cm³/mol. The summed E-state index contributed by atoms with van der Waals surface area (Å²) >= 11 is 0. The minimum Gasteiger partial charge on any atom is -0.550 e. The van der Waals surface area contributed by atoms with Crippen LogP contribution in [0.5, 0.6) is 0 Å². The third-order valence-corrected chi connectivity index (χ3v) is 1.86. The number of nitrogens with zero attached hydrogens (tertiary/aromatic N) is 2. The third-order valence-electron chi connectivity index (χ3n) is 1.86. The Morgan fingerprint density at radius 3 is 2.43 bits per heavy atom. The molecule has 0 amide bonds. The van der Waals surface area contributed by atoms with Crippen LogP contribution in [0.2, 0.25) is 0 Å². The van der Waals surface area contributed by atoms with Crippen molar-refractivity contribution in [1.29, 1.82) is 0 Å². The number of carboxylic acids is 1. The van der Waals surface area contributed by atoms with Crippen molar-refractivity contribution in [1.82, 2.24) is 4.57 Å². The minimum atomic E-state index is -1.08. The summed E-state index contributed by atoms with van der Waals surface area (Å²) in [5.41, 5.74) is 0. The molecule has 0 fully saturated rings. The standard InChI is InChI=1S/C8H15N2.C2H4O2/c1-4-5-10-7-6-9(3)8(10)2;1-2(3)4/h6-7H,4-5H2,1-3H3;1H3,(H,3,4)/q+1;/p-1. The average Bonchev–Trinajstić information content (AvgIpc) is 2.36. The van der Waals surface area contributed by atoms with Crippen LogP contribution in [-0.2, 0) is 18.4 Å². The van der Waals surface area contributed by atoms with Crippen molar-refractivity contribution in [3.05, 3.63) is 18.2 Å². The highest BCUT2D eigenvalue weighted by molar-refractivity contribution is 5.60. The monoisotopic (exact) mass is 198 g/mol. The lowest BCUT2D eigenvalue weighted by Gasteiger charge is -1.93. The van der Waals surface area contributed by atoms with E-state index in [0.29, 0.717) is 0 Å². The molecule has 4 heteroatoms. The van der Waals surface area contributed by atoms with E-state index < -0.39 is 5.97 Å². The molecule has 0 saturated carbocycles. The van der Waals surface area contributed by atoms with Gasteiger partial charge in [-0.15, -0.1) is 0 Å². The molecule has 0 N–H and O–H groups in total. The molecule has 0 unspecified atom stereocenters. The summed E-state index contributed by atoms with van der Waals surface area (Å²) in [6.07, 6.45) is 5.42. The van der Waals surface area contributed by atoms with Crippen molar-refractivity contribution in [3.8, 4) is 0 Å². The summed E-state index contributed by atoms with van der Waals surface area (Å²) in [5.74, 6) is 0.238. The zero-order valence-corrected chi connectivity index (χ0v) is 9.28. The number of aromatic nitrogens is 2. The number of aryl methyl sites for hydroxylation is 2. The van der Waals surface area contributed by atoms with Crippen molar-refractivity contribution in [3.63, 3.8) is 0 Å². The fourth-order valence-electron chi connectivity index (χ4n) is 1.08. The number of carboxylic acid groups (broad SMARTS) is 1. The summed E-state index contributed by atoms with van der Waals surface area (Å²) in [4.78, 5) is 8.89. The second-order valence-corrected chi connectivity index (χ2v) is 3.14. The van der Waals surface area contributed by atoms with Gasteiger partial charge in [0.2, 0.25) is 0 Å². The van der Waals surface area contributed by atoms with Crippen molar-refractivity contribution >= 4 is 5.97 Å². The van der Waals surface area contributed by atoms with Gasteiger partial charge in [-0.3, -0.25) is 0 Å². The van der Waals surface area contributed by atoms with E-state index in [0.717, 1.165) is 13.5 Å². The molecule has 0 saturated heterocycles. The second kappa shape index (κ2) is 6.18. The third kappa shape index (κ3) is 4.64. The van der Waals surface area contributed by atoms with E-state index in [2.05, 4.69) is 42.4 Å². The van der Waals surface area contributed by atoms with Crippen LogP contribution >= 0.6 is 0 Å². The van der Waals surface area contributed by atoms with Gasteiger partial charge in [0.15, 0.2) is 0 Å². The summed E-state index contributed by atoms with van der Waals surface area (Å²) in [6.45, 7) is 6.43. The van der Waals surface area contributed by atoms with E-state index in [1.165, 1.54) is 12.2 Å². The lowest BCUT2D eigenvalue weighted by atomic mass is 10.5. The summed E-state index contributed by atoms with van der Waals surface area (Å²) in [5, 5.41) is 8.89. The van der Waals surface area contributed by atoms with Crippen LogP contribution in [0.1, 0.15) is 26.1 Å². The molecule has 0 aliphatic carbocycles. The van der Waals surface area contributed by atoms with Gasteiger partial charge in [0.1, 0.15) is 12.4 Å². The number of aliphatic carboxylic acids is 1. The molecule has 0 aliphatic rings. The van der Waals surface area contributed by atoms with Crippen LogP contribution in [0.4, 0.5) is 0 Å². The highest BCUT2D eigenvalue weighted by Gasteiger charge is 2.05.